The molecular weight excluding hydrogens is 255 g/mol. The summed E-state index contributed by atoms with van der Waals surface area (Å²) in [6, 6.07) is 4.16. The number of hydrogen-bond donors (Lipinski definition) is 1. The van der Waals surface area contributed by atoms with Gasteiger partial charge in [-0.3, -0.25) is 4.79 Å². The van der Waals surface area contributed by atoms with Crippen molar-refractivity contribution in [2.24, 2.45) is 5.73 Å². The fourth-order valence-corrected chi connectivity index (χ4v) is 1.95. The molecule has 1 aromatic rings. The Hall–Kier alpha value is -1.86. The summed E-state index contributed by atoms with van der Waals surface area (Å²) in [5.41, 5.74) is 6.13. The maximum absolute atomic E-state index is 13.3. The summed E-state index contributed by atoms with van der Waals surface area (Å²) in [5.74, 6) is 4.86. The fraction of sp³-hybridized carbons (Fsp3) is 0.438. The van der Waals surface area contributed by atoms with E-state index < -0.39 is 5.82 Å². The standard InChI is InChI=1S/C16H21FN2O/c1-4-6-12(2)19(3)16(20)15-9-8-14(17)11-13(15)7-5-10-18/h8-9,11-12H,4,6,10,18H2,1-3H3. The van der Waals surface area contributed by atoms with Gasteiger partial charge in [0, 0.05) is 18.7 Å². The molecule has 20 heavy (non-hydrogen) atoms. The Bertz CT molecular complexity index is 531. The van der Waals surface area contributed by atoms with Crippen molar-refractivity contribution in [1.29, 1.82) is 0 Å². The van der Waals surface area contributed by atoms with E-state index in [1.54, 1.807) is 11.9 Å². The molecule has 3 nitrogen and oxygen atoms in total. The first-order valence-corrected chi connectivity index (χ1v) is 6.76. The summed E-state index contributed by atoms with van der Waals surface area (Å²) in [5, 5.41) is 0. The topological polar surface area (TPSA) is 46.3 Å². The van der Waals surface area contributed by atoms with Gasteiger partial charge in [-0.05, 0) is 31.5 Å². The van der Waals surface area contributed by atoms with Gasteiger partial charge in [0.1, 0.15) is 5.82 Å². The van der Waals surface area contributed by atoms with Crippen LogP contribution in [0.4, 0.5) is 4.39 Å². The van der Waals surface area contributed by atoms with Crippen molar-refractivity contribution in [3.8, 4) is 11.8 Å². The van der Waals surface area contributed by atoms with E-state index in [0.717, 1.165) is 12.8 Å². The SMILES string of the molecule is CCCC(C)N(C)C(=O)c1ccc(F)cc1C#CCN. The van der Waals surface area contributed by atoms with E-state index in [1.807, 2.05) is 6.92 Å². The van der Waals surface area contributed by atoms with Crippen LogP contribution >= 0.6 is 0 Å². The molecule has 1 atom stereocenters. The highest BCUT2D eigenvalue weighted by molar-refractivity contribution is 5.96. The van der Waals surface area contributed by atoms with Crippen molar-refractivity contribution in [2.75, 3.05) is 13.6 Å². The monoisotopic (exact) mass is 276 g/mol. The number of carbonyl (C=O) groups excluding carboxylic acids is 1. The van der Waals surface area contributed by atoms with E-state index in [4.69, 9.17) is 5.73 Å². The van der Waals surface area contributed by atoms with Crippen LogP contribution in [-0.2, 0) is 0 Å². The summed E-state index contributed by atoms with van der Waals surface area (Å²) >= 11 is 0. The number of halogens is 1. The molecule has 0 saturated heterocycles. The van der Waals surface area contributed by atoms with Gasteiger partial charge in [-0.2, -0.15) is 0 Å². The molecule has 0 aliphatic rings. The molecular formula is C16H21FN2O. The third-order valence-corrected chi connectivity index (χ3v) is 3.23. The molecule has 0 spiro atoms. The molecule has 1 rings (SSSR count). The molecule has 1 unspecified atom stereocenters. The molecule has 0 heterocycles. The average molecular weight is 276 g/mol. The van der Waals surface area contributed by atoms with Gasteiger partial charge < -0.3 is 10.6 Å². The van der Waals surface area contributed by atoms with E-state index in [-0.39, 0.29) is 18.5 Å². The maximum atomic E-state index is 13.3. The van der Waals surface area contributed by atoms with Gasteiger partial charge in [-0.25, -0.2) is 4.39 Å². The van der Waals surface area contributed by atoms with Crippen molar-refractivity contribution < 1.29 is 9.18 Å². The molecule has 1 amide bonds. The smallest absolute Gasteiger partial charge is 0.255 e. The molecule has 0 fully saturated rings. The molecule has 108 valence electrons. The van der Waals surface area contributed by atoms with E-state index in [0.29, 0.717) is 11.1 Å². The Balaban J connectivity index is 3.09. The first kappa shape index (κ1) is 16.2. The zero-order valence-corrected chi connectivity index (χ0v) is 12.2. The first-order valence-electron chi connectivity index (χ1n) is 6.76. The van der Waals surface area contributed by atoms with Crippen LogP contribution in [0.5, 0.6) is 0 Å². The first-order chi connectivity index (χ1) is 9.51. The Labute approximate surface area is 120 Å². The number of hydrogen-bond acceptors (Lipinski definition) is 2. The predicted octanol–water partition coefficient (Wildman–Crippen LogP) is 2.40. The van der Waals surface area contributed by atoms with Gasteiger partial charge in [-0.15, -0.1) is 0 Å². The largest absolute Gasteiger partial charge is 0.339 e. The van der Waals surface area contributed by atoms with Crippen molar-refractivity contribution in [1.82, 2.24) is 4.90 Å². The molecule has 1 aromatic carbocycles. The minimum Gasteiger partial charge on any atom is -0.339 e. The third-order valence-electron chi connectivity index (χ3n) is 3.23. The minimum atomic E-state index is -0.410. The second-order valence-electron chi connectivity index (χ2n) is 4.75. The van der Waals surface area contributed by atoms with Crippen molar-refractivity contribution in [2.45, 2.75) is 32.7 Å². The number of carbonyl (C=O) groups is 1. The Kier molecular flexibility index (Phi) is 6.20. The van der Waals surface area contributed by atoms with Crippen LogP contribution in [0.15, 0.2) is 18.2 Å². The summed E-state index contributed by atoms with van der Waals surface area (Å²) in [7, 11) is 1.76. The second-order valence-corrected chi connectivity index (χ2v) is 4.75. The van der Waals surface area contributed by atoms with Crippen LogP contribution in [0.3, 0.4) is 0 Å². The lowest BCUT2D eigenvalue weighted by molar-refractivity contribution is 0.0736. The summed E-state index contributed by atoms with van der Waals surface area (Å²) in [4.78, 5) is 14.1. The van der Waals surface area contributed by atoms with E-state index in [1.165, 1.54) is 18.2 Å². The van der Waals surface area contributed by atoms with Crippen LogP contribution < -0.4 is 5.73 Å². The molecule has 0 saturated carbocycles. The molecule has 0 bridgehead atoms. The Morgan fingerprint density at radius 3 is 2.80 bits per heavy atom. The van der Waals surface area contributed by atoms with Gasteiger partial charge in [0.15, 0.2) is 0 Å². The zero-order chi connectivity index (χ0) is 15.1. The lowest BCUT2D eigenvalue weighted by Crippen LogP contribution is -2.35. The highest BCUT2D eigenvalue weighted by atomic mass is 19.1. The lowest BCUT2D eigenvalue weighted by atomic mass is 10.0. The summed E-state index contributed by atoms with van der Waals surface area (Å²) < 4.78 is 13.3. The van der Waals surface area contributed by atoms with Crippen LogP contribution in [0.1, 0.15) is 42.6 Å². The average Bonchev–Trinajstić information content (AvgIpc) is 2.44. The van der Waals surface area contributed by atoms with Crippen LogP contribution in [0.2, 0.25) is 0 Å². The van der Waals surface area contributed by atoms with Crippen molar-refractivity contribution >= 4 is 5.91 Å². The quantitative estimate of drug-likeness (QED) is 0.858. The summed E-state index contributed by atoms with van der Waals surface area (Å²) in [6.45, 7) is 4.24. The normalized spacial score (nSPS) is 11.4. The van der Waals surface area contributed by atoms with E-state index in [2.05, 4.69) is 18.8 Å². The van der Waals surface area contributed by atoms with Crippen LogP contribution in [0.25, 0.3) is 0 Å². The lowest BCUT2D eigenvalue weighted by Gasteiger charge is -2.25. The van der Waals surface area contributed by atoms with Gasteiger partial charge in [0.2, 0.25) is 0 Å². The third kappa shape index (κ3) is 4.07. The second kappa shape index (κ2) is 7.66. The zero-order valence-electron chi connectivity index (χ0n) is 12.2. The number of nitrogens with zero attached hydrogens (tertiary/aromatic N) is 1. The van der Waals surface area contributed by atoms with Gasteiger partial charge in [0.05, 0.1) is 12.1 Å². The number of amides is 1. The summed E-state index contributed by atoms with van der Waals surface area (Å²) in [6.07, 6.45) is 1.93. The molecule has 0 aromatic heterocycles. The van der Waals surface area contributed by atoms with Crippen molar-refractivity contribution in [3.63, 3.8) is 0 Å². The highest BCUT2D eigenvalue weighted by Crippen LogP contribution is 2.15. The molecule has 0 radical (unpaired) electrons. The fourth-order valence-electron chi connectivity index (χ4n) is 1.95. The van der Waals surface area contributed by atoms with Gasteiger partial charge in [0.25, 0.3) is 5.91 Å². The van der Waals surface area contributed by atoms with Crippen LogP contribution in [0, 0.1) is 17.7 Å². The highest BCUT2D eigenvalue weighted by Gasteiger charge is 2.19. The maximum Gasteiger partial charge on any atom is 0.255 e. The molecule has 2 N–H and O–H groups in total. The Morgan fingerprint density at radius 1 is 1.50 bits per heavy atom. The molecule has 0 aliphatic heterocycles. The van der Waals surface area contributed by atoms with Crippen LogP contribution in [-0.4, -0.2) is 30.4 Å². The Morgan fingerprint density at radius 2 is 2.20 bits per heavy atom. The van der Waals surface area contributed by atoms with Gasteiger partial charge >= 0.3 is 0 Å². The number of benzene rings is 1. The van der Waals surface area contributed by atoms with E-state index in [9.17, 15) is 9.18 Å². The van der Waals surface area contributed by atoms with Gasteiger partial charge in [-0.1, -0.05) is 25.2 Å². The minimum absolute atomic E-state index is 0.132. The van der Waals surface area contributed by atoms with Crippen molar-refractivity contribution in [3.05, 3.63) is 35.1 Å². The van der Waals surface area contributed by atoms with E-state index >= 15 is 0 Å². The number of rotatable bonds is 4. The molecule has 4 heteroatoms. The number of nitrogens with two attached hydrogens (primary N) is 1. The molecule has 0 aliphatic carbocycles. The predicted molar refractivity (Wildman–Crippen MR) is 78.8 cm³/mol.